The van der Waals surface area contributed by atoms with Crippen LogP contribution in [0.15, 0.2) is 0 Å². The molecule has 0 spiro atoms. The second-order valence-corrected chi connectivity index (χ2v) is 5.27. The number of hydrogen-bond acceptors (Lipinski definition) is 4. The monoisotopic (exact) mass is 327 g/mol. The van der Waals surface area contributed by atoms with Crippen molar-refractivity contribution in [1.82, 2.24) is 15.5 Å². The standard InChI is InChI=1S/C13H25N3O2.2ClH/c1-3-16-8-11(12(9-16)18-2)15-13(17)10-4-6-14-7-5-10;;/h10-12,14H,3-9H2,1-2H3,(H,15,17);2*1H/t11-,12-;;/m0../s1. The van der Waals surface area contributed by atoms with E-state index in [1.165, 1.54) is 0 Å². The first kappa shape index (κ1) is 19.9. The first-order valence-corrected chi connectivity index (χ1v) is 7.00. The molecule has 2 saturated heterocycles. The maximum Gasteiger partial charge on any atom is 0.223 e. The number of likely N-dealkylation sites (N-methyl/N-ethyl adjacent to an activating group) is 1. The second kappa shape index (κ2) is 9.79. The highest BCUT2D eigenvalue weighted by Gasteiger charge is 2.34. The van der Waals surface area contributed by atoms with Crippen molar-refractivity contribution in [1.29, 1.82) is 0 Å². The Morgan fingerprint density at radius 2 is 1.95 bits per heavy atom. The van der Waals surface area contributed by atoms with Crippen LogP contribution in [-0.2, 0) is 9.53 Å². The van der Waals surface area contributed by atoms with Crippen LogP contribution in [0.2, 0.25) is 0 Å². The van der Waals surface area contributed by atoms with Crippen molar-refractivity contribution in [3.63, 3.8) is 0 Å². The lowest BCUT2D eigenvalue weighted by molar-refractivity contribution is -0.127. The number of carbonyl (C=O) groups excluding carboxylic acids is 1. The Hall–Kier alpha value is -0.0700. The summed E-state index contributed by atoms with van der Waals surface area (Å²) in [5, 5.41) is 6.47. The fraction of sp³-hybridized carbons (Fsp3) is 0.923. The normalized spacial score (nSPS) is 27.5. The number of amides is 1. The van der Waals surface area contributed by atoms with Crippen LogP contribution in [0.3, 0.4) is 0 Å². The molecule has 0 saturated carbocycles. The van der Waals surface area contributed by atoms with E-state index in [2.05, 4.69) is 22.5 Å². The van der Waals surface area contributed by atoms with Gasteiger partial charge in [0.05, 0.1) is 12.1 Å². The van der Waals surface area contributed by atoms with E-state index >= 15 is 0 Å². The lowest BCUT2D eigenvalue weighted by Gasteiger charge is -2.25. The zero-order valence-electron chi connectivity index (χ0n) is 12.3. The number of nitrogens with zero attached hydrogens (tertiary/aromatic N) is 1. The van der Waals surface area contributed by atoms with Crippen molar-refractivity contribution >= 4 is 30.7 Å². The Balaban J connectivity index is 0.00000180. The summed E-state index contributed by atoms with van der Waals surface area (Å²) in [7, 11) is 1.73. The Bertz CT molecular complexity index is 289. The molecule has 5 nitrogen and oxygen atoms in total. The fourth-order valence-electron chi connectivity index (χ4n) is 2.87. The zero-order chi connectivity index (χ0) is 13.0. The van der Waals surface area contributed by atoms with Crippen LogP contribution >= 0.6 is 24.8 Å². The van der Waals surface area contributed by atoms with Gasteiger partial charge in [0, 0.05) is 26.1 Å². The first-order chi connectivity index (χ1) is 8.74. The number of rotatable bonds is 4. The number of likely N-dealkylation sites (tertiary alicyclic amines) is 1. The van der Waals surface area contributed by atoms with Crippen molar-refractivity contribution in [2.75, 3.05) is 39.8 Å². The number of ether oxygens (including phenoxy) is 1. The molecular formula is C13H27Cl2N3O2. The van der Waals surface area contributed by atoms with Crippen molar-refractivity contribution in [3.8, 4) is 0 Å². The highest BCUT2D eigenvalue weighted by molar-refractivity contribution is 5.85. The number of nitrogens with one attached hydrogen (secondary N) is 2. The second-order valence-electron chi connectivity index (χ2n) is 5.27. The summed E-state index contributed by atoms with van der Waals surface area (Å²) in [5.74, 6) is 0.390. The molecule has 2 aliphatic rings. The highest BCUT2D eigenvalue weighted by atomic mass is 35.5. The smallest absolute Gasteiger partial charge is 0.223 e. The quantitative estimate of drug-likeness (QED) is 0.796. The molecule has 2 heterocycles. The van der Waals surface area contributed by atoms with Gasteiger partial charge in [-0.1, -0.05) is 6.92 Å². The fourth-order valence-corrected chi connectivity index (χ4v) is 2.87. The third-order valence-electron chi connectivity index (χ3n) is 4.13. The number of methoxy groups -OCH3 is 1. The summed E-state index contributed by atoms with van der Waals surface area (Å²) in [6.07, 6.45) is 2.04. The number of halogens is 2. The molecule has 2 atom stereocenters. The predicted octanol–water partition coefficient (Wildman–Crippen LogP) is 0.665. The summed E-state index contributed by atoms with van der Waals surface area (Å²) in [6, 6.07) is 0.150. The molecule has 2 N–H and O–H groups in total. The Morgan fingerprint density at radius 3 is 2.50 bits per heavy atom. The average Bonchev–Trinajstić information content (AvgIpc) is 2.82. The van der Waals surface area contributed by atoms with Crippen molar-refractivity contribution in [3.05, 3.63) is 0 Å². The van der Waals surface area contributed by atoms with Crippen LogP contribution in [0, 0.1) is 5.92 Å². The van der Waals surface area contributed by atoms with Gasteiger partial charge >= 0.3 is 0 Å². The first-order valence-electron chi connectivity index (χ1n) is 7.00. The Labute approximate surface area is 134 Å². The van der Waals surface area contributed by atoms with E-state index in [1.54, 1.807) is 7.11 Å². The maximum atomic E-state index is 12.2. The van der Waals surface area contributed by atoms with Gasteiger partial charge in [-0.15, -0.1) is 24.8 Å². The van der Waals surface area contributed by atoms with Crippen molar-refractivity contribution in [2.45, 2.75) is 31.9 Å². The van der Waals surface area contributed by atoms with Crippen molar-refractivity contribution < 1.29 is 9.53 Å². The molecule has 0 aromatic carbocycles. The maximum absolute atomic E-state index is 12.2. The van der Waals surface area contributed by atoms with E-state index in [0.717, 1.165) is 45.6 Å². The summed E-state index contributed by atoms with van der Waals surface area (Å²) < 4.78 is 5.48. The lowest BCUT2D eigenvalue weighted by Crippen LogP contribution is -2.47. The lowest BCUT2D eigenvalue weighted by atomic mass is 9.97. The van der Waals surface area contributed by atoms with Gasteiger partial charge in [0.15, 0.2) is 0 Å². The van der Waals surface area contributed by atoms with Crippen LogP contribution < -0.4 is 10.6 Å². The third kappa shape index (κ3) is 5.04. The Kier molecular flexibility index (Phi) is 9.76. The summed E-state index contributed by atoms with van der Waals surface area (Å²) in [6.45, 7) is 6.90. The Morgan fingerprint density at radius 1 is 1.30 bits per heavy atom. The largest absolute Gasteiger partial charge is 0.378 e. The zero-order valence-corrected chi connectivity index (χ0v) is 13.9. The summed E-state index contributed by atoms with van der Waals surface area (Å²) in [5.41, 5.74) is 0. The van der Waals surface area contributed by atoms with Gasteiger partial charge in [-0.05, 0) is 32.5 Å². The van der Waals surface area contributed by atoms with E-state index < -0.39 is 0 Å². The molecule has 0 aliphatic carbocycles. The molecule has 7 heteroatoms. The molecular weight excluding hydrogens is 301 g/mol. The molecule has 2 aliphatic heterocycles. The van der Waals surface area contributed by atoms with Gasteiger partial charge in [-0.2, -0.15) is 0 Å². The summed E-state index contributed by atoms with van der Waals surface area (Å²) in [4.78, 5) is 14.5. The molecule has 0 unspecified atom stereocenters. The number of piperidine rings is 1. The van der Waals surface area contributed by atoms with Gasteiger partial charge in [-0.25, -0.2) is 0 Å². The molecule has 0 aromatic heterocycles. The molecule has 0 aromatic rings. The van der Waals surface area contributed by atoms with E-state index in [1.807, 2.05) is 0 Å². The molecule has 2 rings (SSSR count). The van der Waals surface area contributed by atoms with E-state index in [4.69, 9.17) is 4.74 Å². The van der Waals surface area contributed by atoms with Crippen LogP contribution in [0.4, 0.5) is 0 Å². The van der Waals surface area contributed by atoms with E-state index in [0.29, 0.717) is 0 Å². The van der Waals surface area contributed by atoms with Gasteiger partial charge in [-0.3, -0.25) is 9.69 Å². The molecule has 2 fully saturated rings. The van der Waals surface area contributed by atoms with Gasteiger partial charge in [0.2, 0.25) is 5.91 Å². The number of hydrogen-bond donors (Lipinski definition) is 2. The summed E-state index contributed by atoms with van der Waals surface area (Å²) >= 11 is 0. The topological polar surface area (TPSA) is 53.6 Å². The predicted molar refractivity (Wildman–Crippen MR) is 84.9 cm³/mol. The number of carbonyl (C=O) groups is 1. The molecule has 20 heavy (non-hydrogen) atoms. The minimum absolute atomic E-state index is 0. The van der Waals surface area contributed by atoms with Crippen LogP contribution in [0.1, 0.15) is 19.8 Å². The molecule has 0 bridgehead atoms. The van der Waals surface area contributed by atoms with Gasteiger partial charge < -0.3 is 15.4 Å². The molecule has 0 radical (unpaired) electrons. The van der Waals surface area contributed by atoms with Gasteiger partial charge in [0.25, 0.3) is 0 Å². The van der Waals surface area contributed by atoms with Crippen LogP contribution in [0.25, 0.3) is 0 Å². The third-order valence-corrected chi connectivity index (χ3v) is 4.13. The van der Waals surface area contributed by atoms with E-state index in [9.17, 15) is 4.79 Å². The molecule has 1 amide bonds. The minimum atomic E-state index is 0. The molecule has 120 valence electrons. The highest BCUT2D eigenvalue weighted by Crippen LogP contribution is 2.16. The van der Waals surface area contributed by atoms with Crippen LogP contribution in [-0.4, -0.2) is 62.8 Å². The van der Waals surface area contributed by atoms with Crippen molar-refractivity contribution in [2.24, 2.45) is 5.92 Å². The van der Waals surface area contributed by atoms with Gasteiger partial charge in [0.1, 0.15) is 0 Å². The minimum Gasteiger partial charge on any atom is -0.378 e. The SMILES string of the molecule is CCN1C[C@H](NC(=O)C2CCNCC2)[C@@H](OC)C1.Cl.Cl. The average molecular weight is 328 g/mol. The van der Waals surface area contributed by atoms with Crippen LogP contribution in [0.5, 0.6) is 0 Å². The van der Waals surface area contributed by atoms with E-state index in [-0.39, 0.29) is 48.8 Å².